The van der Waals surface area contributed by atoms with Gasteiger partial charge in [0.1, 0.15) is 11.4 Å². The van der Waals surface area contributed by atoms with Crippen LogP contribution in [0.1, 0.15) is 52.7 Å². The molecule has 32 heavy (non-hydrogen) atoms. The van der Waals surface area contributed by atoms with E-state index >= 15 is 0 Å². The zero-order valence-corrected chi connectivity index (χ0v) is 19.5. The molecule has 1 N–H and O–H groups in total. The number of nitrogens with one attached hydrogen (secondary N) is 1. The third kappa shape index (κ3) is 4.28. The fraction of sp³-hybridized carbons (Fsp3) is 0.480. The van der Waals surface area contributed by atoms with E-state index in [-0.39, 0.29) is 5.78 Å². The van der Waals surface area contributed by atoms with E-state index in [2.05, 4.69) is 34.7 Å². The Labute approximate surface area is 190 Å². The quantitative estimate of drug-likeness (QED) is 0.765. The second-order valence-electron chi connectivity index (χ2n) is 9.67. The van der Waals surface area contributed by atoms with Crippen molar-refractivity contribution in [3.8, 4) is 5.75 Å². The lowest BCUT2D eigenvalue weighted by Crippen LogP contribution is -2.54. The van der Waals surface area contributed by atoms with Crippen LogP contribution < -0.4 is 9.46 Å². The van der Waals surface area contributed by atoms with E-state index < -0.39 is 15.6 Å². The number of Topliss-reactive ketones (excluding diaryl/α,β-unsaturated/α-hetero) is 1. The van der Waals surface area contributed by atoms with E-state index in [1.165, 1.54) is 23.1 Å². The number of carbonyl (C=O) groups is 1. The largest absolute Gasteiger partial charge is 0.486 e. The van der Waals surface area contributed by atoms with E-state index in [9.17, 15) is 13.2 Å². The van der Waals surface area contributed by atoms with Gasteiger partial charge in [-0.3, -0.25) is 14.4 Å². The van der Waals surface area contributed by atoms with Crippen LogP contribution in [0, 0.1) is 6.92 Å². The number of hydrogen-bond acceptors (Lipinski definition) is 5. The maximum atomic E-state index is 13.0. The number of carbonyl (C=O) groups excluding carboxylic acids is 1. The van der Waals surface area contributed by atoms with Crippen LogP contribution in [0.5, 0.6) is 5.75 Å². The first-order valence-electron chi connectivity index (χ1n) is 11.4. The maximum absolute atomic E-state index is 13.0. The van der Waals surface area contributed by atoms with Gasteiger partial charge < -0.3 is 4.74 Å². The van der Waals surface area contributed by atoms with Gasteiger partial charge in [0.25, 0.3) is 0 Å². The molecule has 7 heteroatoms. The monoisotopic (exact) mass is 454 g/mol. The van der Waals surface area contributed by atoms with Crippen molar-refractivity contribution in [3.05, 3.63) is 58.7 Å². The highest BCUT2D eigenvalue weighted by molar-refractivity contribution is 7.92. The zero-order valence-electron chi connectivity index (χ0n) is 18.7. The van der Waals surface area contributed by atoms with Crippen molar-refractivity contribution < 1.29 is 17.9 Å². The minimum Gasteiger partial charge on any atom is -0.486 e. The normalized spacial score (nSPS) is 22.7. The van der Waals surface area contributed by atoms with Gasteiger partial charge in [-0.2, -0.15) is 0 Å². The number of aryl methyl sites for hydroxylation is 2. The number of ether oxygens (including phenoxy) is 1. The smallest absolute Gasteiger partial charge is 0.229 e. The van der Waals surface area contributed by atoms with Gasteiger partial charge in [-0.05, 0) is 55.5 Å². The number of likely N-dealkylation sites (tertiary alicyclic amines) is 1. The Morgan fingerprint density at radius 3 is 2.62 bits per heavy atom. The summed E-state index contributed by atoms with van der Waals surface area (Å²) in [5.41, 5.74) is 4.71. The number of sulfonamides is 1. The highest BCUT2D eigenvalue weighted by Gasteiger charge is 2.44. The van der Waals surface area contributed by atoms with Gasteiger partial charge >= 0.3 is 0 Å². The summed E-state index contributed by atoms with van der Waals surface area (Å²) in [7, 11) is -3.39. The van der Waals surface area contributed by atoms with Crippen LogP contribution in [0.25, 0.3) is 0 Å². The summed E-state index contributed by atoms with van der Waals surface area (Å²) < 4.78 is 31.8. The van der Waals surface area contributed by atoms with Gasteiger partial charge in [0.2, 0.25) is 10.0 Å². The first kappa shape index (κ1) is 21.5. The zero-order chi connectivity index (χ0) is 22.5. The molecule has 0 saturated carbocycles. The Morgan fingerprint density at radius 2 is 1.88 bits per heavy atom. The number of nitrogens with zero attached hydrogens (tertiary/aromatic N) is 1. The van der Waals surface area contributed by atoms with E-state index in [4.69, 9.17) is 4.74 Å². The first-order chi connectivity index (χ1) is 15.2. The van der Waals surface area contributed by atoms with E-state index in [1.807, 2.05) is 0 Å². The lowest BCUT2D eigenvalue weighted by Gasteiger charge is -2.46. The Balaban J connectivity index is 1.26. The molecule has 0 bridgehead atoms. The molecule has 1 saturated heterocycles. The maximum Gasteiger partial charge on any atom is 0.229 e. The minimum atomic E-state index is -3.39. The molecule has 5 rings (SSSR count). The first-order valence-corrected chi connectivity index (χ1v) is 13.3. The van der Waals surface area contributed by atoms with Crippen molar-refractivity contribution in [2.24, 2.45) is 0 Å². The fourth-order valence-corrected chi connectivity index (χ4v) is 6.08. The Kier molecular flexibility index (Phi) is 5.29. The van der Waals surface area contributed by atoms with Crippen LogP contribution >= 0.6 is 0 Å². The number of piperidine rings is 1. The summed E-state index contributed by atoms with van der Waals surface area (Å²) in [4.78, 5) is 15.5. The summed E-state index contributed by atoms with van der Waals surface area (Å²) in [5, 5.41) is 0. The van der Waals surface area contributed by atoms with Crippen molar-refractivity contribution in [1.82, 2.24) is 4.90 Å². The van der Waals surface area contributed by atoms with Crippen molar-refractivity contribution >= 4 is 21.5 Å². The summed E-state index contributed by atoms with van der Waals surface area (Å²) in [5.74, 6) is 0.592. The molecule has 2 aromatic rings. The molecule has 3 aliphatic rings. The highest BCUT2D eigenvalue weighted by Crippen LogP contribution is 2.41. The van der Waals surface area contributed by atoms with Crippen LogP contribution in [-0.2, 0) is 22.9 Å². The molecule has 1 spiro atoms. The van der Waals surface area contributed by atoms with Crippen molar-refractivity contribution in [3.63, 3.8) is 0 Å². The second kappa shape index (κ2) is 7.89. The third-order valence-corrected chi connectivity index (χ3v) is 7.79. The standard InChI is InChI=1S/C25H30N2O4S/c1-17-3-4-19-14-21(7-5-18(19)13-17)27-11-9-25(10-12-27)16-23(28)22-15-20(26-32(2,29)30)6-8-24(22)31-25/h3-4,6,8,13,15,21,26H,5,7,9-12,14,16H2,1-2H3/t21-/m1/s1. The van der Waals surface area contributed by atoms with E-state index in [0.29, 0.717) is 29.5 Å². The van der Waals surface area contributed by atoms with Gasteiger partial charge in [0, 0.05) is 37.7 Å². The van der Waals surface area contributed by atoms with E-state index in [0.717, 1.165) is 45.0 Å². The molecular formula is C25H30N2O4S. The summed E-state index contributed by atoms with van der Waals surface area (Å²) in [6.45, 7) is 4.02. The Hall–Kier alpha value is -2.38. The number of fused-ring (bicyclic) bond motifs is 2. The molecule has 0 radical (unpaired) electrons. The number of anilines is 1. The molecule has 170 valence electrons. The van der Waals surface area contributed by atoms with Gasteiger partial charge in [-0.15, -0.1) is 0 Å². The predicted molar refractivity (Wildman–Crippen MR) is 125 cm³/mol. The number of benzene rings is 2. The topological polar surface area (TPSA) is 75.7 Å². The van der Waals surface area contributed by atoms with Gasteiger partial charge in [0.15, 0.2) is 5.78 Å². The molecule has 1 atom stereocenters. The lowest BCUT2D eigenvalue weighted by atomic mass is 9.80. The van der Waals surface area contributed by atoms with Gasteiger partial charge in [-0.1, -0.05) is 23.8 Å². The fourth-order valence-electron chi connectivity index (χ4n) is 5.52. The molecule has 0 amide bonds. The van der Waals surface area contributed by atoms with E-state index in [1.54, 1.807) is 18.2 Å². The molecule has 0 unspecified atom stereocenters. The van der Waals surface area contributed by atoms with Crippen LogP contribution in [-0.4, -0.2) is 50.1 Å². The molecule has 6 nitrogen and oxygen atoms in total. The molecule has 1 fully saturated rings. The Morgan fingerprint density at radius 1 is 1.09 bits per heavy atom. The predicted octanol–water partition coefficient (Wildman–Crippen LogP) is 3.72. The van der Waals surface area contributed by atoms with Crippen molar-refractivity contribution in [2.75, 3.05) is 24.1 Å². The van der Waals surface area contributed by atoms with Crippen LogP contribution in [0.15, 0.2) is 36.4 Å². The SMILES string of the molecule is Cc1ccc2c(c1)CC[C@@H](N1CCC3(CC1)CC(=O)c1cc(NS(C)(=O)=O)ccc1O3)C2. The van der Waals surface area contributed by atoms with Crippen LogP contribution in [0.3, 0.4) is 0 Å². The Bertz CT molecular complexity index is 1170. The van der Waals surface area contributed by atoms with Crippen LogP contribution in [0.4, 0.5) is 5.69 Å². The molecule has 2 aliphatic heterocycles. The number of hydrogen-bond donors (Lipinski definition) is 1. The third-order valence-electron chi connectivity index (χ3n) is 7.18. The van der Waals surface area contributed by atoms with Crippen molar-refractivity contribution in [2.45, 2.75) is 57.1 Å². The second-order valence-corrected chi connectivity index (χ2v) is 11.4. The average Bonchev–Trinajstić information content (AvgIpc) is 2.73. The van der Waals surface area contributed by atoms with Crippen molar-refractivity contribution in [1.29, 1.82) is 0 Å². The summed E-state index contributed by atoms with van der Waals surface area (Å²) >= 11 is 0. The minimum absolute atomic E-state index is 0.0267. The molecule has 1 aliphatic carbocycles. The number of ketones is 1. The molecule has 2 aromatic carbocycles. The summed E-state index contributed by atoms with van der Waals surface area (Å²) in [6, 6.07) is 12.3. The molecular weight excluding hydrogens is 424 g/mol. The van der Waals surface area contributed by atoms with Gasteiger partial charge in [0.05, 0.1) is 18.2 Å². The highest BCUT2D eigenvalue weighted by atomic mass is 32.2. The lowest BCUT2D eigenvalue weighted by molar-refractivity contribution is -0.0200. The molecule has 0 aromatic heterocycles. The summed E-state index contributed by atoms with van der Waals surface area (Å²) in [6.07, 6.45) is 6.53. The van der Waals surface area contributed by atoms with Crippen LogP contribution in [0.2, 0.25) is 0 Å². The molecule has 2 heterocycles. The number of rotatable bonds is 3. The van der Waals surface area contributed by atoms with Gasteiger partial charge in [-0.25, -0.2) is 8.42 Å². The average molecular weight is 455 g/mol.